The number of nitrogens with one attached hydrogen (secondary N) is 1. The molecule has 0 spiro atoms. The van der Waals surface area contributed by atoms with Crippen LogP contribution in [0.5, 0.6) is 0 Å². The largest absolute Gasteiger partial charge is 0.379 e. The molecule has 0 unspecified atom stereocenters. The van der Waals surface area contributed by atoms with Gasteiger partial charge < -0.3 is 15.0 Å². The lowest BCUT2D eigenvalue weighted by Gasteiger charge is -2.21. The molecule has 0 atom stereocenters. The van der Waals surface area contributed by atoms with Crippen molar-refractivity contribution in [1.82, 2.24) is 20.0 Å². The molecule has 0 radical (unpaired) electrons. The second-order valence-electron chi connectivity index (χ2n) is 5.63. The number of aromatic nitrogens is 2. The Bertz CT molecular complexity index is 453. The zero-order valence-corrected chi connectivity index (χ0v) is 13.4. The molecule has 1 aliphatic rings. The van der Waals surface area contributed by atoms with Crippen molar-refractivity contribution < 1.29 is 4.74 Å². The maximum Gasteiger partial charge on any atom is 0.194 e. The van der Waals surface area contributed by atoms with Gasteiger partial charge in [-0.3, -0.25) is 9.67 Å². The molecule has 0 bridgehead atoms. The third-order valence-electron chi connectivity index (χ3n) is 3.42. The van der Waals surface area contributed by atoms with E-state index in [0.717, 1.165) is 31.6 Å². The van der Waals surface area contributed by atoms with Crippen LogP contribution in [0.4, 0.5) is 0 Å². The van der Waals surface area contributed by atoms with Crippen LogP contribution in [-0.2, 0) is 18.3 Å². The van der Waals surface area contributed by atoms with Crippen molar-refractivity contribution in [3.8, 4) is 0 Å². The molecule has 1 aliphatic carbocycles. The molecule has 1 saturated carbocycles. The van der Waals surface area contributed by atoms with Gasteiger partial charge in [0.25, 0.3) is 0 Å². The number of aliphatic imine (C=N–C) groups is 1. The topological polar surface area (TPSA) is 54.7 Å². The quantitative estimate of drug-likeness (QED) is 0.445. The highest BCUT2D eigenvalue weighted by Gasteiger charge is 2.20. The van der Waals surface area contributed by atoms with Gasteiger partial charge in [0, 0.05) is 45.6 Å². The third-order valence-corrected chi connectivity index (χ3v) is 3.42. The lowest BCUT2D eigenvalue weighted by molar-refractivity contribution is 0.131. The normalized spacial score (nSPS) is 15.3. The van der Waals surface area contributed by atoms with E-state index in [0.29, 0.717) is 13.2 Å². The Morgan fingerprint density at radius 2 is 2.38 bits per heavy atom. The van der Waals surface area contributed by atoms with Crippen molar-refractivity contribution >= 4 is 5.96 Å². The standard InChI is InChI=1S/C15H27N5O/c1-4-16-15(17-7-8-21-12-13-5-6-13)19(2)10-14-9-18-20(3)11-14/h9,11,13H,4-8,10,12H2,1-3H3,(H,16,17). The highest BCUT2D eigenvalue weighted by Crippen LogP contribution is 2.28. The summed E-state index contributed by atoms with van der Waals surface area (Å²) in [4.78, 5) is 6.73. The molecule has 0 aliphatic heterocycles. The zero-order chi connectivity index (χ0) is 15.1. The molecule has 6 heteroatoms. The average molecular weight is 293 g/mol. The van der Waals surface area contributed by atoms with Crippen LogP contribution in [0.25, 0.3) is 0 Å². The van der Waals surface area contributed by atoms with Crippen molar-refractivity contribution in [2.24, 2.45) is 18.0 Å². The third kappa shape index (κ3) is 5.75. The summed E-state index contributed by atoms with van der Waals surface area (Å²) in [6.07, 6.45) is 6.58. The van der Waals surface area contributed by atoms with Crippen LogP contribution in [0.3, 0.4) is 0 Å². The molecule has 21 heavy (non-hydrogen) atoms. The molecule has 0 aromatic carbocycles. The van der Waals surface area contributed by atoms with Crippen LogP contribution in [-0.4, -0.2) is 54.0 Å². The molecule has 1 N–H and O–H groups in total. The SMILES string of the molecule is CCNC(=NCCOCC1CC1)N(C)Cc1cnn(C)c1. The van der Waals surface area contributed by atoms with E-state index in [-0.39, 0.29) is 0 Å². The van der Waals surface area contributed by atoms with E-state index in [1.54, 1.807) is 0 Å². The van der Waals surface area contributed by atoms with E-state index in [2.05, 4.69) is 27.2 Å². The smallest absolute Gasteiger partial charge is 0.194 e. The number of aryl methyl sites for hydroxylation is 1. The van der Waals surface area contributed by atoms with Crippen molar-refractivity contribution in [3.05, 3.63) is 18.0 Å². The van der Waals surface area contributed by atoms with Crippen LogP contribution in [0.1, 0.15) is 25.3 Å². The summed E-state index contributed by atoms with van der Waals surface area (Å²) in [6.45, 7) is 6.04. The predicted octanol–water partition coefficient (Wildman–Crippen LogP) is 1.24. The first kappa shape index (κ1) is 15.8. The Kier molecular flexibility index (Phi) is 6.04. The zero-order valence-electron chi connectivity index (χ0n) is 13.4. The van der Waals surface area contributed by atoms with Crippen LogP contribution in [0.2, 0.25) is 0 Å². The van der Waals surface area contributed by atoms with Gasteiger partial charge in [-0.05, 0) is 25.7 Å². The summed E-state index contributed by atoms with van der Waals surface area (Å²) in [5.41, 5.74) is 1.18. The number of guanidine groups is 1. The van der Waals surface area contributed by atoms with E-state index in [4.69, 9.17) is 4.74 Å². The molecule has 0 saturated heterocycles. The summed E-state index contributed by atoms with van der Waals surface area (Å²) in [5.74, 6) is 1.73. The summed E-state index contributed by atoms with van der Waals surface area (Å²) in [5, 5.41) is 7.51. The first-order valence-corrected chi connectivity index (χ1v) is 7.73. The predicted molar refractivity (Wildman–Crippen MR) is 84.2 cm³/mol. The number of rotatable bonds is 8. The number of hydrogen-bond donors (Lipinski definition) is 1. The van der Waals surface area contributed by atoms with Crippen molar-refractivity contribution in [3.63, 3.8) is 0 Å². The van der Waals surface area contributed by atoms with Crippen molar-refractivity contribution in [2.45, 2.75) is 26.3 Å². The summed E-state index contributed by atoms with van der Waals surface area (Å²) in [6, 6.07) is 0. The van der Waals surface area contributed by atoms with Gasteiger partial charge in [0.1, 0.15) is 0 Å². The first-order valence-electron chi connectivity index (χ1n) is 7.73. The Hall–Kier alpha value is -1.56. The van der Waals surface area contributed by atoms with E-state index in [1.807, 2.05) is 31.2 Å². The average Bonchev–Trinajstić information content (AvgIpc) is 3.19. The molecule has 1 heterocycles. The van der Waals surface area contributed by atoms with Gasteiger partial charge in [-0.15, -0.1) is 0 Å². The van der Waals surface area contributed by atoms with Gasteiger partial charge in [-0.2, -0.15) is 5.10 Å². The van der Waals surface area contributed by atoms with E-state index < -0.39 is 0 Å². The van der Waals surface area contributed by atoms with Gasteiger partial charge >= 0.3 is 0 Å². The Balaban J connectivity index is 1.77. The molecule has 1 aromatic heterocycles. The summed E-state index contributed by atoms with van der Waals surface area (Å²) in [7, 11) is 3.97. The highest BCUT2D eigenvalue weighted by molar-refractivity contribution is 5.79. The molecular weight excluding hydrogens is 266 g/mol. The van der Waals surface area contributed by atoms with Gasteiger partial charge in [-0.25, -0.2) is 0 Å². The lowest BCUT2D eigenvalue weighted by Crippen LogP contribution is -2.38. The minimum absolute atomic E-state index is 0.701. The van der Waals surface area contributed by atoms with Gasteiger partial charge in [0.2, 0.25) is 0 Å². The minimum Gasteiger partial charge on any atom is -0.379 e. The maximum atomic E-state index is 5.62. The second kappa shape index (κ2) is 8.02. The lowest BCUT2D eigenvalue weighted by atomic mass is 10.3. The van der Waals surface area contributed by atoms with E-state index in [1.165, 1.54) is 18.4 Å². The highest BCUT2D eigenvalue weighted by atomic mass is 16.5. The molecule has 1 aromatic rings. The fraction of sp³-hybridized carbons (Fsp3) is 0.733. The fourth-order valence-corrected chi connectivity index (χ4v) is 2.12. The molecule has 2 rings (SSSR count). The first-order chi connectivity index (χ1) is 10.2. The number of nitrogens with zero attached hydrogens (tertiary/aromatic N) is 4. The molecule has 6 nitrogen and oxygen atoms in total. The van der Waals surface area contributed by atoms with Crippen LogP contribution in [0, 0.1) is 5.92 Å². The van der Waals surface area contributed by atoms with Gasteiger partial charge in [-0.1, -0.05) is 0 Å². The van der Waals surface area contributed by atoms with Gasteiger partial charge in [0.15, 0.2) is 5.96 Å². The minimum atomic E-state index is 0.701. The van der Waals surface area contributed by atoms with Crippen LogP contribution < -0.4 is 5.32 Å². The maximum absolute atomic E-state index is 5.62. The van der Waals surface area contributed by atoms with E-state index >= 15 is 0 Å². The molecule has 118 valence electrons. The van der Waals surface area contributed by atoms with Gasteiger partial charge in [0.05, 0.1) is 19.3 Å². The summed E-state index contributed by atoms with van der Waals surface area (Å²) < 4.78 is 7.44. The summed E-state index contributed by atoms with van der Waals surface area (Å²) >= 11 is 0. The number of hydrogen-bond acceptors (Lipinski definition) is 3. The fourth-order valence-electron chi connectivity index (χ4n) is 2.12. The van der Waals surface area contributed by atoms with E-state index in [9.17, 15) is 0 Å². The van der Waals surface area contributed by atoms with Crippen molar-refractivity contribution in [1.29, 1.82) is 0 Å². The van der Waals surface area contributed by atoms with Crippen LogP contribution in [0.15, 0.2) is 17.4 Å². The van der Waals surface area contributed by atoms with Crippen molar-refractivity contribution in [2.75, 3.05) is 33.4 Å². The number of ether oxygens (including phenoxy) is 1. The molecule has 0 amide bonds. The second-order valence-corrected chi connectivity index (χ2v) is 5.63. The molecule has 1 fully saturated rings. The molecular formula is C15H27N5O. The monoisotopic (exact) mass is 293 g/mol. The van der Waals surface area contributed by atoms with Crippen LogP contribution >= 0.6 is 0 Å². The Morgan fingerprint density at radius 3 is 3.00 bits per heavy atom. The Labute approximate surface area is 127 Å². The Morgan fingerprint density at radius 1 is 1.57 bits per heavy atom.